The first-order valence-electron chi connectivity index (χ1n) is 6.09. The molecule has 0 aliphatic carbocycles. The number of nitrogens with two attached hydrogens (primary N) is 1. The van der Waals surface area contributed by atoms with Crippen molar-refractivity contribution < 1.29 is 9.32 Å². The van der Waals surface area contributed by atoms with E-state index >= 15 is 0 Å². The summed E-state index contributed by atoms with van der Waals surface area (Å²) in [6.07, 6.45) is 1.48. The molecule has 0 fully saturated rings. The summed E-state index contributed by atoms with van der Waals surface area (Å²) in [7, 11) is 0. The highest BCUT2D eigenvalue weighted by Crippen LogP contribution is 2.17. The third-order valence-corrected chi connectivity index (χ3v) is 2.56. The fourth-order valence-corrected chi connectivity index (χ4v) is 1.55. The van der Waals surface area contributed by atoms with Gasteiger partial charge in [0.15, 0.2) is 5.69 Å². The second-order valence-corrected chi connectivity index (χ2v) is 4.58. The van der Waals surface area contributed by atoms with Crippen molar-refractivity contribution in [2.45, 2.75) is 26.7 Å². The highest BCUT2D eigenvalue weighted by atomic mass is 16.5. The van der Waals surface area contributed by atoms with Crippen LogP contribution in [0.4, 0.5) is 11.6 Å². The number of rotatable bonds is 4. The maximum absolute atomic E-state index is 12.2. The molecule has 20 heavy (non-hydrogen) atoms. The third kappa shape index (κ3) is 2.91. The Morgan fingerprint density at radius 2 is 2.20 bits per heavy atom. The lowest BCUT2D eigenvalue weighted by atomic mass is 10.2. The fourth-order valence-electron chi connectivity index (χ4n) is 1.55. The van der Waals surface area contributed by atoms with Crippen LogP contribution < -0.4 is 16.6 Å². The summed E-state index contributed by atoms with van der Waals surface area (Å²) in [5.41, 5.74) is 3.56. The summed E-state index contributed by atoms with van der Waals surface area (Å²) >= 11 is 0. The van der Waals surface area contributed by atoms with Crippen LogP contribution in [0.5, 0.6) is 0 Å². The third-order valence-electron chi connectivity index (χ3n) is 2.56. The Hall–Kier alpha value is -2.48. The Bertz CT molecular complexity index is 622. The number of carbonyl (C=O) groups excluding carboxylic acids is 1. The number of amides is 1. The Morgan fingerprint density at radius 3 is 2.75 bits per heavy atom. The van der Waals surface area contributed by atoms with Gasteiger partial charge in [0.2, 0.25) is 5.88 Å². The van der Waals surface area contributed by atoms with Gasteiger partial charge in [0.1, 0.15) is 5.82 Å². The zero-order chi connectivity index (χ0) is 14.7. The largest absolute Gasteiger partial charge is 0.338 e. The SMILES string of the molecule is Cc1cc(NC(=O)c2nc(C(C)C)ncc2NN)on1. The Balaban J connectivity index is 2.29. The molecule has 0 aliphatic heterocycles. The van der Waals surface area contributed by atoms with Gasteiger partial charge in [-0.25, -0.2) is 9.97 Å². The van der Waals surface area contributed by atoms with Gasteiger partial charge in [0.25, 0.3) is 5.91 Å². The van der Waals surface area contributed by atoms with E-state index in [2.05, 4.69) is 25.9 Å². The van der Waals surface area contributed by atoms with E-state index in [-0.39, 0.29) is 17.5 Å². The maximum Gasteiger partial charge on any atom is 0.278 e. The van der Waals surface area contributed by atoms with Crippen molar-refractivity contribution in [1.29, 1.82) is 0 Å². The van der Waals surface area contributed by atoms with Crippen LogP contribution in [0.3, 0.4) is 0 Å². The predicted octanol–water partition coefficient (Wildman–Crippen LogP) is 1.43. The molecule has 0 saturated heterocycles. The number of nitrogen functional groups attached to an aromatic ring is 1. The van der Waals surface area contributed by atoms with Crippen molar-refractivity contribution in [3.8, 4) is 0 Å². The van der Waals surface area contributed by atoms with Gasteiger partial charge in [0, 0.05) is 12.0 Å². The minimum absolute atomic E-state index is 0.0981. The smallest absolute Gasteiger partial charge is 0.278 e. The molecule has 0 aromatic carbocycles. The molecule has 0 unspecified atom stereocenters. The van der Waals surface area contributed by atoms with Crippen molar-refractivity contribution in [3.63, 3.8) is 0 Å². The van der Waals surface area contributed by atoms with Crippen LogP contribution in [0.25, 0.3) is 0 Å². The number of anilines is 2. The van der Waals surface area contributed by atoms with Crippen molar-refractivity contribution in [1.82, 2.24) is 15.1 Å². The first-order chi connectivity index (χ1) is 9.51. The molecular formula is C12H16N6O2. The minimum Gasteiger partial charge on any atom is -0.338 e. The molecule has 0 atom stereocenters. The quantitative estimate of drug-likeness (QED) is 0.571. The minimum atomic E-state index is -0.446. The van der Waals surface area contributed by atoms with Crippen LogP contribution in [-0.4, -0.2) is 21.0 Å². The molecule has 2 rings (SSSR count). The summed E-state index contributed by atoms with van der Waals surface area (Å²) in [5, 5.41) is 6.25. The highest BCUT2D eigenvalue weighted by Gasteiger charge is 2.17. The lowest BCUT2D eigenvalue weighted by Crippen LogP contribution is -2.20. The molecule has 0 saturated carbocycles. The van der Waals surface area contributed by atoms with Gasteiger partial charge in [0.05, 0.1) is 17.6 Å². The summed E-state index contributed by atoms with van der Waals surface area (Å²) in [6.45, 7) is 5.63. The molecule has 2 aromatic heterocycles. The molecule has 4 N–H and O–H groups in total. The molecule has 0 radical (unpaired) electrons. The molecule has 0 aliphatic rings. The van der Waals surface area contributed by atoms with Crippen LogP contribution in [0, 0.1) is 6.92 Å². The van der Waals surface area contributed by atoms with Crippen LogP contribution in [-0.2, 0) is 0 Å². The van der Waals surface area contributed by atoms with Crippen LogP contribution in [0.2, 0.25) is 0 Å². The van der Waals surface area contributed by atoms with Crippen molar-refractivity contribution in [2.75, 3.05) is 10.7 Å². The Kier molecular flexibility index (Phi) is 3.94. The van der Waals surface area contributed by atoms with Gasteiger partial charge in [-0.1, -0.05) is 19.0 Å². The highest BCUT2D eigenvalue weighted by molar-refractivity contribution is 6.05. The number of hydrogen-bond donors (Lipinski definition) is 3. The van der Waals surface area contributed by atoms with E-state index in [1.807, 2.05) is 13.8 Å². The van der Waals surface area contributed by atoms with Gasteiger partial charge in [-0.05, 0) is 6.92 Å². The topological polar surface area (TPSA) is 119 Å². The van der Waals surface area contributed by atoms with Crippen LogP contribution in [0.15, 0.2) is 16.8 Å². The monoisotopic (exact) mass is 276 g/mol. The van der Waals surface area contributed by atoms with Gasteiger partial charge >= 0.3 is 0 Å². The predicted molar refractivity (Wildman–Crippen MR) is 73.1 cm³/mol. The summed E-state index contributed by atoms with van der Waals surface area (Å²) in [5.74, 6) is 5.83. The summed E-state index contributed by atoms with van der Waals surface area (Å²) in [6, 6.07) is 1.61. The van der Waals surface area contributed by atoms with Gasteiger partial charge in [-0.15, -0.1) is 0 Å². The van der Waals surface area contributed by atoms with Gasteiger partial charge in [-0.3, -0.25) is 16.0 Å². The van der Waals surface area contributed by atoms with Crippen LogP contribution >= 0.6 is 0 Å². The van der Waals surface area contributed by atoms with Crippen LogP contribution in [0.1, 0.15) is 41.8 Å². The number of hydrogen-bond acceptors (Lipinski definition) is 7. The van der Waals surface area contributed by atoms with Gasteiger partial charge < -0.3 is 9.95 Å². The normalized spacial score (nSPS) is 10.7. The number of nitrogens with zero attached hydrogens (tertiary/aromatic N) is 3. The first kappa shape index (κ1) is 13.9. The Morgan fingerprint density at radius 1 is 1.45 bits per heavy atom. The molecule has 8 heteroatoms. The van der Waals surface area contributed by atoms with E-state index < -0.39 is 5.91 Å². The number of nitrogens with one attached hydrogen (secondary N) is 2. The fraction of sp³-hybridized carbons (Fsp3) is 0.333. The van der Waals surface area contributed by atoms with E-state index in [0.717, 1.165) is 0 Å². The van der Waals surface area contributed by atoms with Crippen molar-refractivity contribution in [2.24, 2.45) is 5.84 Å². The van der Waals surface area contributed by atoms with E-state index in [1.54, 1.807) is 13.0 Å². The van der Waals surface area contributed by atoms with E-state index in [4.69, 9.17) is 10.4 Å². The maximum atomic E-state index is 12.2. The standard InChI is InChI=1S/C12H16N6O2/c1-6(2)11-14-5-8(17-13)10(16-11)12(19)15-9-4-7(3)18-20-9/h4-6,17H,13H2,1-3H3,(H,15,19). The average molecular weight is 276 g/mol. The number of carbonyl (C=O) groups is 1. The second-order valence-electron chi connectivity index (χ2n) is 4.58. The molecule has 1 amide bonds. The number of hydrazine groups is 1. The first-order valence-corrected chi connectivity index (χ1v) is 6.09. The molecule has 0 bridgehead atoms. The van der Waals surface area contributed by atoms with Crippen molar-refractivity contribution >= 4 is 17.5 Å². The van der Waals surface area contributed by atoms with E-state index in [9.17, 15) is 4.79 Å². The van der Waals surface area contributed by atoms with E-state index in [0.29, 0.717) is 17.2 Å². The summed E-state index contributed by atoms with van der Waals surface area (Å²) < 4.78 is 4.93. The number of aryl methyl sites for hydroxylation is 1. The molecule has 2 heterocycles. The second kappa shape index (κ2) is 5.66. The summed E-state index contributed by atoms with van der Waals surface area (Å²) in [4.78, 5) is 20.5. The molecule has 8 nitrogen and oxygen atoms in total. The zero-order valence-electron chi connectivity index (χ0n) is 11.5. The average Bonchev–Trinajstić information content (AvgIpc) is 2.83. The molecule has 0 spiro atoms. The molecule has 2 aromatic rings. The van der Waals surface area contributed by atoms with Gasteiger partial charge in [-0.2, -0.15) is 0 Å². The van der Waals surface area contributed by atoms with Crippen molar-refractivity contribution in [3.05, 3.63) is 29.5 Å². The molecular weight excluding hydrogens is 260 g/mol. The lowest BCUT2D eigenvalue weighted by molar-refractivity contribution is 0.101. The van der Waals surface area contributed by atoms with E-state index in [1.165, 1.54) is 6.20 Å². The Labute approximate surface area is 115 Å². The zero-order valence-corrected chi connectivity index (χ0v) is 11.5. The number of aromatic nitrogens is 3. The lowest BCUT2D eigenvalue weighted by Gasteiger charge is -2.10. The molecule has 106 valence electrons.